The van der Waals surface area contributed by atoms with Gasteiger partial charge in [-0.05, 0) is 17.7 Å². The van der Waals surface area contributed by atoms with Gasteiger partial charge in [0, 0.05) is 17.5 Å². The summed E-state index contributed by atoms with van der Waals surface area (Å²) in [5.74, 6) is 1.67. The van der Waals surface area contributed by atoms with Crippen LogP contribution in [0, 0.1) is 0 Å². The molecular weight excluding hydrogens is 386 g/mol. The molecule has 0 aliphatic heterocycles. The molecule has 0 saturated heterocycles. The average Bonchev–Trinajstić information content (AvgIpc) is 3.16. The van der Waals surface area contributed by atoms with Crippen molar-refractivity contribution < 1.29 is 14.2 Å². The molecule has 7 heteroatoms. The molecule has 150 valence electrons. The SMILES string of the molecule is C=CCn1c(-c2ccccc2)csc1=NN=Cc1cc(OC)c(OC)c(OC)c1. The van der Waals surface area contributed by atoms with Gasteiger partial charge in [0.15, 0.2) is 11.5 Å². The molecule has 1 heterocycles. The number of hydrogen-bond donors (Lipinski definition) is 0. The van der Waals surface area contributed by atoms with E-state index in [1.807, 2.05) is 36.4 Å². The van der Waals surface area contributed by atoms with Gasteiger partial charge in [-0.15, -0.1) is 23.0 Å². The standard InChI is InChI=1S/C22H23N3O3S/c1-5-11-25-18(17-9-7-6-8-10-17)15-29-22(25)24-23-14-16-12-19(26-2)21(28-4)20(13-16)27-3/h5-10,12-15H,1,11H2,2-4H3. The molecule has 0 atom stereocenters. The maximum Gasteiger partial charge on any atom is 0.211 e. The van der Waals surface area contributed by atoms with Crippen LogP contribution >= 0.6 is 11.3 Å². The van der Waals surface area contributed by atoms with E-state index in [4.69, 9.17) is 14.2 Å². The third-order valence-corrected chi connectivity index (χ3v) is 5.07. The first-order chi connectivity index (χ1) is 14.2. The highest BCUT2D eigenvalue weighted by Gasteiger charge is 2.12. The molecule has 1 aromatic heterocycles. The van der Waals surface area contributed by atoms with Crippen LogP contribution in [0.15, 0.2) is 70.7 Å². The summed E-state index contributed by atoms with van der Waals surface area (Å²) in [7, 11) is 4.73. The Morgan fingerprint density at radius 1 is 1.03 bits per heavy atom. The molecule has 29 heavy (non-hydrogen) atoms. The van der Waals surface area contributed by atoms with Crippen molar-refractivity contribution in [1.29, 1.82) is 0 Å². The maximum atomic E-state index is 5.38. The molecular formula is C22H23N3O3S. The molecule has 0 amide bonds. The van der Waals surface area contributed by atoms with E-state index in [0.717, 1.165) is 21.6 Å². The minimum absolute atomic E-state index is 0.540. The number of nitrogens with zero attached hydrogens (tertiary/aromatic N) is 3. The van der Waals surface area contributed by atoms with E-state index >= 15 is 0 Å². The molecule has 0 fully saturated rings. The molecule has 0 spiro atoms. The number of thiazole rings is 1. The second-order valence-corrected chi connectivity index (χ2v) is 6.81. The van der Waals surface area contributed by atoms with Crippen LogP contribution in [0.2, 0.25) is 0 Å². The summed E-state index contributed by atoms with van der Waals surface area (Å²) < 4.78 is 18.2. The summed E-state index contributed by atoms with van der Waals surface area (Å²) in [5.41, 5.74) is 3.00. The predicted molar refractivity (Wildman–Crippen MR) is 117 cm³/mol. The Hall–Kier alpha value is -3.32. The van der Waals surface area contributed by atoms with Crippen LogP contribution in [0.4, 0.5) is 0 Å². The van der Waals surface area contributed by atoms with Crippen molar-refractivity contribution in [2.45, 2.75) is 6.54 Å². The van der Waals surface area contributed by atoms with E-state index < -0.39 is 0 Å². The molecule has 0 saturated carbocycles. The fourth-order valence-electron chi connectivity index (χ4n) is 2.88. The summed E-state index contributed by atoms with van der Waals surface area (Å²) in [4.78, 5) is 0.785. The lowest BCUT2D eigenvalue weighted by Crippen LogP contribution is -2.14. The molecule has 3 aromatic rings. The Morgan fingerprint density at radius 3 is 2.31 bits per heavy atom. The fourth-order valence-corrected chi connectivity index (χ4v) is 3.75. The fraction of sp³-hybridized carbons (Fsp3) is 0.182. The molecule has 0 N–H and O–H groups in total. The number of ether oxygens (including phenoxy) is 3. The summed E-state index contributed by atoms with van der Waals surface area (Å²) in [6.07, 6.45) is 3.51. The Kier molecular flexibility index (Phi) is 6.86. The first kappa shape index (κ1) is 20.4. The zero-order valence-corrected chi connectivity index (χ0v) is 17.5. The Balaban J connectivity index is 1.97. The van der Waals surface area contributed by atoms with Crippen molar-refractivity contribution in [3.05, 3.63) is 70.9 Å². The third kappa shape index (κ3) is 4.57. The molecule has 0 bridgehead atoms. The smallest absolute Gasteiger partial charge is 0.211 e. The van der Waals surface area contributed by atoms with Crippen LogP contribution in [-0.2, 0) is 6.54 Å². The van der Waals surface area contributed by atoms with E-state index in [1.165, 1.54) is 11.3 Å². The number of aromatic nitrogens is 1. The van der Waals surface area contributed by atoms with Gasteiger partial charge < -0.3 is 18.8 Å². The van der Waals surface area contributed by atoms with Crippen LogP contribution < -0.4 is 19.0 Å². The van der Waals surface area contributed by atoms with Crippen LogP contribution in [-0.4, -0.2) is 32.1 Å². The highest BCUT2D eigenvalue weighted by atomic mass is 32.1. The van der Waals surface area contributed by atoms with Gasteiger partial charge in [0.1, 0.15) is 0 Å². The minimum atomic E-state index is 0.540. The van der Waals surface area contributed by atoms with Crippen molar-refractivity contribution in [3.8, 4) is 28.5 Å². The van der Waals surface area contributed by atoms with Gasteiger partial charge in [-0.25, -0.2) is 0 Å². The van der Waals surface area contributed by atoms with Crippen LogP contribution in [0.25, 0.3) is 11.3 Å². The Bertz CT molecular complexity index is 1040. The Labute approximate surface area is 174 Å². The van der Waals surface area contributed by atoms with Gasteiger partial charge >= 0.3 is 0 Å². The minimum Gasteiger partial charge on any atom is -0.493 e. The van der Waals surface area contributed by atoms with Crippen LogP contribution in [0.3, 0.4) is 0 Å². The van der Waals surface area contributed by atoms with Crippen molar-refractivity contribution in [2.24, 2.45) is 10.2 Å². The van der Waals surface area contributed by atoms with E-state index in [9.17, 15) is 0 Å². The lowest BCUT2D eigenvalue weighted by Gasteiger charge is -2.12. The highest BCUT2D eigenvalue weighted by Crippen LogP contribution is 2.37. The van der Waals surface area contributed by atoms with Crippen LogP contribution in [0.5, 0.6) is 17.2 Å². The monoisotopic (exact) mass is 409 g/mol. The number of methoxy groups -OCH3 is 3. The summed E-state index contributed by atoms with van der Waals surface area (Å²) in [6.45, 7) is 4.50. The topological polar surface area (TPSA) is 57.3 Å². The van der Waals surface area contributed by atoms with Gasteiger partial charge in [-0.3, -0.25) is 0 Å². The number of allylic oxidation sites excluding steroid dienone is 1. The van der Waals surface area contributed by atoms with Gasteiger partial charge in [0.05, 0.1) is 33.2 Å². The van der Waals surface area contributed by atoms with E-state index in [1.54, 1.807) is 27.5 Å². The summed E-state index contributed by atoms with van der Waals surface area (Å²) in [5, 5.41) is 10.8. The zero-order chi connectivity index (χ0) is 20.6. The van der Waals surface area contributed by atoms with Gasteiger partial charge in [0.25, 0.3) is 0 Å². The number of hydrogen-bond acceptors (Lipinski definition) is 6. The lowest BCUT2D eigenvalue weighted by atomic mass is 10.2. The maximum absolute atomic E-state index is 5.38. The normalized spacial score (nSPS) is 11.6. The molecule has 0 unspecified atom stereocenters. The second-order valence-electron chi connectivity index (χ2n) is 5.97. The summed E-state index contributed by atoms with van der Waals surface area (Å²) in [6, 6.07) is 13.8. The first-order valence-corrected chi connectivity index (χ1v) is 9.81. The summed E-state index contributed by atoms with van der Waals surface area (Å²) >= 11 is 1.53. The molecule has 0 radical (unpaired) electrons. The van der Waals surface area contributed by atoms with E-state index in [-0.39, 0.29) is 0 Å². The quantitative estimate of drug-likeness (QED) is 0.315. The predicted octanol–water partition coefficient (Wildman–Crippen LogP) is 4.36. The molecule has 2 aromatic carbocycles. The van der Waals surface area contributed by atoms with Gasteiger partial charge in [-0.2, -0.15) is 5.10 Å². The van der Waals surface area contributed by atoms with Crippen molar-refractivity contribution >= 4 is 17.6 Å². The molecule has 3 rings (SSSR count). The number of rotatable bonds is 8. The van der Waals surface area contributed by atoms with Gasteiger partial charge in [-0.1, -0.05) is 36.4 Å². The van der Waals surface area contributed by atoms with Gasteiger partial charge in [0.2, 0.25) is 10.6 Å². The molecule has 0 aliphatic carbocycles. The van der Waals surface area contributed by atoms with Crippen molar-refractivity contribution in [2.75, 3.05) is 21.3 Å². The first-order valence-electron chi connectivity index (χ1n) is 8.93. The second kappa shape index (κ2) is 9.75. The lowest BCUT2D eigenvalue weighted by molar-refractivity contribution is 0.324. The Morgan fingerprint density at radius 2 is 1.72 bits per heavy atom. The highest BCUT2D eigenvalue weighted by molar-refractivity contribution is 7.07. The third-order valence-electron chi connectivity index (χ3n) is 4.22. The molecule has 0 aliphatic rings. The number of benzene rings is 2. The molecule has 6 nitrogen and oxygen atoms in total. The van der Waals surface area contributed by atoms with Crippen molar-refractivity contribution in [3.63, 3.8) is 0 Å². The average molecular weight is 410 g/mol. The van der Waals surface area contributed by atoms with E-state index in [0.29, 0.717) is 23.8 Å². The largest absolute Gasteiger partial charge is 0.493 e. The van der Waals surface area contributed by atoms with Crippen molar-refractivity contribution in [1.82, 2.24) is 4.57 Å². The van der Waals surface area contributed by atoms with E-state index in [2.05, 4.69) is 38.9 Å². The van der Waals surface area contributed by atoms with Crippen LogP contribution in [0.1, 0.15) is 5.56 Å². The zero-order valence-electron chi connectivity index (χ0n) is 16.7.